The Morgan fingerprint density at radius 1 is 1.16 bits per heavy atom. The molecule has 0 N–H and O–H groups in total. The molecule has 134 valence electrons. The Kier molecular flexibility index (Phi) is 5.20. The number of hydrogen-bond acceptors (Lipinski definition) is 4. The highest BCUT2D eigenvalue weighted by atomic mass is 35.5. The molecule has 0 radical (unpaired) electrons. The lowest BCUT2D eigenvalue weighted by molar-refractivity contribution is 0.268. The first-order valence-corrected chi connectivity index (χ1v) is 10.1. The summed E-state index contributed by atoms with van der Waals surface area (Å²) < 4.78 is 28.2. The van der Waals surface area contributed by atoms with Crippen LogP contribution in [0.3, 0.4) is 0 Å². The van der Waals surface area contributed by atoms with Crippen LogP contribution in [-0.4, -0.2) is 35.1 Å². The Morgan fingerprint density at radius 2 is 1.84 bits per heavy atom. The predicted octanol–water partition coefficient (Wildman–Crippen LogP) is 3.10. The molecule has 9 heteroatoms. The Bertz CT molecular complexity index is 942. The third-order valence-corrected chi connectivity index (χ3v) is 7.08. The quantitative estimate of drug-likeness (QED) is 0.791. The number of sulfonamides is 1. The average Bonchev–Trinajstić information content (AvgIpc) is 2.60. The molecule has 1 unspecified atom stereocenters. The number of rotatable bonds is 3. The van der Waals surface area contributed by atoms with Crippen LogP contribution in [0.2, 0.25) is 10.0 Å². The van der Waals surface area contributed by atoms with E-state index in [-0.39, 0.29) is 21.0 Å². The van der Waals surface area contributed by atoms with Crippen molar-refractivity contribution in [2.24, 2.45) is 0 Å². The molecule has 3 rings (SSSR count). The maximum absolute atomic E-state index is 12.8. The van der Waals surface area contributed by atoms with Crippen molar-refractivity contribution in [3.8, 4) is 5.69 Å². The van der Waals surface area contributed by atoms with E-state index in [0.717, 1.165) is 23.9 Å². The summed E-state index contributed by atoms with van der Waals surface area (Å²) in [4.78, 5) is 12.3. The van der Waals surface area contributed by atoms with Crippen molar-refractivity contribution >= 4 is 33.2 Å². The summed E-state index contributed by atoms with van der Waals surface area (Å²) in [5.41, 5.74) is -0.149. The van der Waals surface area contributed by atoms with Crippen molar-refractivity contribution in [1.29, 1.82) is 0 Å². The first kappa shape index (κ1) is 18.4. The van der Waals surface area contributed by atoms with Crippen molar-refractivity contribution in [2.45, 2.75) is 37.1 Å². The van der Waals surface area contributed by atoms with E-state index in [1.165, 1.54) is 34.8 Å². The Hall–Kier alpha value is -1.41. The molecule has 0 bridgehead atoms. The number of hydrogen-bond donors (Lipinski definition) is 0. The zero-order valence-electron chi connectivity index (χ0n) is 13.5. The zero-order chi connectivity index (χ0) is 18.2. The highest BCUT2D eigenvalue weighted by Crippen LogP contribution is 2.25. The topological polar surface area (TPSA) is 72.3 Å². The molecule has 1 aromatic carbocycles. The summed E-state index contributed by atoms with van der Waals surface area (Å²) in [7, 11) is -3.56. The van der Waals surface area contributed by atoms with Crippen molar-refractivity contribution in [3.63, 3.8) is 0 Å². The second kappa shape index (κ2) is 7.07. The second-order valence-corrected chi connectivity index (χ2v) is 8.65. The summed E-state index contributed by atoms with van der Waals surface area (Å²) in [6, 6.07) is 5.99. The molecular formula is C16H17Cl2N3O3S. The fourth-order valence-electron chi connectivity index (χ4n) is 2.92. The van der Waals surface area contributed by atoms with Crippen LogP contribution in [0.1, 0.15) is 26.2 Å². The number of aromatic nitrogens is 2. The van der Waals surface area contributed by atoms with Crippen molar-refractivity contribution < 1.29 is 8.42 Å². The SMILES string of the molecule is CC1CCCCN1S(=O)(=O)c1ccc(-n2ncc(Cl)c(Cl)c2=O)cc1. The molecule has 1 fully saturated rings. The molecule has 6 nitrogen and oxygen atoms in total. The maximum Gasteiger partial charge on any atom is 0.291 e. The van der Waals surface area contributed by atoms with Gasteiger partial charge in [0.15, 0.2) is 0 Å². The van der Waals surface area contributed by atoms with E-state index in [1.807, 2.05) is 6.92 Å². The van der Waals surface area contributed by atoms with Gasteiger partial charge in [-0.25, -0.2) is 8.42 Å². The van der Waals surface area contributed by atoms with Gasteiger partial charge in [-0.2, -0.15) is 14.1 Å². The first-order valence-electron chi connectivity index (χ1n) is 7.88. The molecular weight excluding hydrogens is 385 g/mol. The highest BCUT2D eigenvalue weighted by Gasteiger charge is 2.30. The van der Waals surface area contributed by atoms with Gasteiger partial charge in [0.1, 0.15) is 5.02 Å². The number of benzene rings is 1. The zero-order valence-corrected chi connectivity index (χ0v) is 15.9. The van der Waals surface area contributed by atoms with Crippen LogP contribution in [0.4, 0.5) is 0 Å². The average molecular weight is 402 g/mol. The smallest absolute Gasteiger partial charge is 0.266 e. The largest absolute Gasteiger partial charge is 0.291 e. The fourth-order valence-corrected chi connectivity index (χ4v) is 4.87. The molecule has 1 atom stereocenters. The van der Waals surface area contributed by atoms with Gasteiger partial charge < -0.3 is 0 Å². The van der Waals surface area contributed by atoms with E-state index in [4.69, 9.17) is 23.2 Å². The van der Waals surface area contributed by atoms with E-state index >= 15 is 0 Å². The van der Waals surface area contributed by atoms with Crippen molar-refractivity contribution in [3.05, 3.63) is 50.9 Å². The summed E-state index contributed by atoms with van der Waals surface area (Å²) in [5, 5.41) is 3.87. The Morgan fingerprint density at radius 3 is 2.48 bits per heavy atom. The lowest BCUT2D eigenvalue weighted by Crippen LogP contribution is -2.41. The minimum atomic E-state index is -3.56. The van der Waals surface area contributed by atoms with Crippen molar-refractivity contribution in [2.75, 3.05) is 6.54 Å². The second-order valence-electron chi connectivity index (χ2n) is 5.98. The first-order chi connectivity index (χ1) is 11.8. The molecule has 2 aromatic rings. The molecule has 0 aliphatic carbocycles. The summed E-state index contributed by atoms with van der Waals surface area (Å²) >= 11 is 11.6. The van der Waals surface area contributed by atoms with Crippen LogP contribution in [0, 0.1) is 0 Å². The minimum absolute atomic E-state index is 0.0159. The molecule has 2 heterocycles. The Balaban J connectivity index is 1.95. The van der Waals surface area contributed by atoms with Crippen LogP contribution < -0.4 is 5.56 Å². The molecule has 1 saturated heterocycles. The van der Waals surface area contributed by atoms with Gasteiger partial charge in [0.2, 0.25) is 10.0 Å². The lowest BCUT2D eigenvalue weighted by atomic mass is 10.1. The van der Waals surface area contributed by atoms with Gasteiger partial charge in [0.25, 0.3) is 5.56 Å². The molecule has 0 spiro atoms. The van der Waals surface area contributed by atoms with Crippen LogP contribution in [0.15, 0.2) is 40.2 Å². The van der Waals surface area contributed by atoms with Gasteiger partial charge in [-0.05, 0) is 44.0 Å². The predicted molar refractivity (Wildman–Crippen MR) is 97.1 cm³/mol. The third kappa shape index (κ3) is 3.46. The summed E-state index contributed by atoms with van der Waals surface area (Å²) in [6.45, 7) is 2.45. The number of nitrogens with zero attached hydrogens (tertiary/aromatic N) is 3. The van der Waals surface area contributed by atoms with E-state index in [2.05, 4.69) is 5.10 Å². The summed E-state index contributed by atoms with van der Waals surface area (Å²) in [6.07, 6.45) is 4.04. The van der Waals surface area contributed by atoms with Gasteiger partial charge in [-0.15, -0.1) is 0 Å². The van der Waals surface area contributed by atoms with Gasteiger partial charge in [0.05, 0.1) is 21.8 Å². The molecule has 25 heavy (non-hydrogen) atoms. The highest BCUT2D eigenvalue weighted by molar-refractivity contribution is 7.89. The van der Waals surface area contributed by atoms with Crippen LogP contribution in [-0.2, 0) is 10.0 Å². The van der Waals surface area contributed by atoms with E-state index in [1.54, 1.807) is 0 Å². The lowest BCUT2D eigenvalue weighted by Gasteiger charge is -2.32. The van der Waals surface area contributed by atoms with E-state index in [9.17, 15) is 13.2 Å². The minimum Gasteiger partial charge on any atom is -0.266 e. The molecule has 1 aromatic heterocycles. The van der Waals surface area contributed by atoms with Crippen LogP contribution in [0.5, 0.6) is 0 Å². The molecule has 0 amide bonds. The van der Waals surface area contributed by atoms with Crippen molar-refractivity contribution in [1.82, 2.24) is 14.1 Å². The normalized spacial score (nSPS) is 19.1. The molecule has 1 aliphatic heterocycles. The fraction of sp³-hybridized carbons (Fsp3) is 0.375. The van der Waals surface area contributed by atoms with E-state index < -0.39 is 15.6 Å². The maximum atomic E-state index is 12.8. The monoisotopic (exact) mass is 401 g/mol. The van der Waals surface area contributed by atoms with Gasteiger partial charge in [-0.3, -0.25) is 4.79 Å². The molecule has 1 aliphatic rings. The standard InChI is InChI=1S/C16H17Cl2N3O3S/c1-11-4-2-3-9-20(11)25(23,24)13-7-5-12(6-8-13)21-16(22)15(18)14(17)10-19-21/h5-8,10-11H,2-4,9H2,1H3. The van der Waals surface area contributed by atoms with Crippen LogP contribution in [0.25, 0.3) is 5.69 Å². The van der Waals surface area contributed by atoms with Gasteiger partial charge >= 0.3 is 0 Å². The van der Waals surface area contributed by atoms with Gasteiger partial charge in [-0.1, -0.05) is 29.6 Å². The van der Waals surface area contributed by atoms with Gasteiger partial charge in [0, 0.05) is 12.6 Å². The summed E-state index contributed by atoms with van der Waals surface area (Å²) in [5.74, 6) is 0. The van der Waals surface area contributed by atoms with Crippen LogP contribution >= 0.6 is 23.2 Å². The number of halogens is 2. The third-order valence-electron chi connectivity index (χ3n) is 4.31. The van der Waals surface area contributed by atoms with E-state index in [0.29, 0.717) is 12.2 Å². The molecule has 0 saturated carbocycles. The Labute approximate surface area is 156 Å². The number of piperidine rings is 1.